The zero-order chi connectivity index (χ0) is 13.8. The first-order chi connectivity index (χ1) is 9.12. The molecule has 0 spiro atoms. The summed E-state index contributed by atoms with van der Waals surface area (Å²) in [4.78, 5) is 9.55. The van der Waals surface area contributed by atoms with Gasteiger partial charge in [0.2, 0.25) is 17.7 Å². The van der Waals surface area contributed by atoms with Gasteiger partial charge in [0.25, 0.3) is 0 Å². The Hall–Kier alpha value is -1.53. The number of nitrogens with zero attached hydrogens (tertiary/aromatic N) is 2. The third kappa shape index (κ3) is 3.48. The highest BCUT2D eigenvalue weighted by molar-refractivity contribution is 7.16. The molecule has 102 valence electrons. The Bertz CT molecular complexity index is 539. The van der Waals surface area contributed by atoms with E-state index in [4.69, 9.17) is 21.1 Å². The number of hydrogen-bond donors (Lipinski definition) is 1. The van der Waals surface area contributed by atoms with Gasteiger partial charge < -0.3 is 14.8 Å². The van der Waals surface area contributed by atoms with Crippen LogP contribution in [0.3, 0.4) is 0 Å². The van der Waals surface area contributed by atoms with Crippen LogP contribution in [0.15, 0.2) is 18.2 Å². The fraction of sp³-hybridized carbons (Fsp3) is 0.333. The minimum atomic E-state index is 0.0503. The molecule has 1 unspecified atom stereocenters. The van der Waals surface area contributed by atoms with Gasteiger partial charge in [-0.2, -0.15) is 9.97 Å². The normalized spacial score (nSPS) is 12.0. The van der Waals surface area contributed by atoms with Crippen molar-refractivity contribution in [2.24, 2.45) is 0 Å². The SMILES string of the molecule is COc1cc(OC)nc(NC(C)c2ccc(Cl)s2)n1. The van der Waals surface area contributed by atoms with Gasteiger partial charge in [0.1, 0.15) is 0 Å². The molecule has 2 aromatic heterocycles. The first-order valence-corrected chi connectivity index (χ1v) is 6.80. The molecule has 0 aromatic carbocycles. The van der Waals surface area contributed by atoms with Gasteiger partial charge in [0.15, 0.2) is 0 Å². The van der Waals surface area contributed by atoms with Crippen molar-refractivity contribution in [1.29, 1.82) is 0 Å². The molecule has 0 saturated heterocycles. The molecular formula is C12H14ClN3O2S. The van der Waals surface area contributed by atoms with Gasteiger partial charge in [-0.1, -0.05) is 11.6 Å². The van der Waals surface area contributed by atoms with E-state index in [0.717, 1.165) is 9.21 Å². The van der Waals surface area contributed by atoms with Gasteiger partial charge >= 0.3 is 0 Å². The van der Waals surface area contributed by atoms with Crippen LogP contribution in [0.2, 0.25) is 4.34 Å². The molecule has 1 atom stereocenters. The number of thiophene rings is 1. The Morgan fingerprint density at radius 2 is 1.84 bits per heavy atom. The molecule has 19 heavy (non-hydrogen) atoms. The smallest absolute Gasteiger partial charge is 0.229 e. The minimum Gasteiger partial charge on any atom is -0.481 e. The summed E-state index contributed by atoms with van der Waals surface area (Å²) in [7, 11) is 3.10. The quantitative estimate of drug-likeness (QED) is 0.917. The summed E-state index contributed by atoms with van der Waals surface area (Å²) in [5, 5.41) is 3.19. The van der Waals surface area contributed by atoms with E-state index in [9.17, 15) is 0 Å². The van der Waals surface area contributed by atoms with Crippen molar-refractivity contribution in [3.8, 4) is 11.8 Å². The Labute approximate surface area is 120 Å². The first kappa shape index (κ1) is 13.9. The van der Waals surface area contributed by atoms with Crippen molar-refractivity contribution >= 4 is 28.9 Å². The second kappa shape index (κ2) is 6.08. The lowest BCUT2D eigenvalue weighted by molar-refractivity contribution is 0.372. The molecule has 0 bridgehead atoms. The predicted molar refractivity (Wildman–Crippen MR) is 76.5 cm³/mol. The average Bonchev–Trinajstić information content (AvgIpc) is 2.85. The zero-order valence-electron chi connectivity index (χ0n) is 10.8. The van der Waals surface area contributed by atoms with Crippen molar-refractivity contribution in [2.75, 3.05) is 19.5 Å². The lowest BCUT2D eigenvalue weighted by Crippen LogP contribution is -2.09. The summed E-state index contributed by atoms with van der Waals surface area (Å²) < 4.78 is 11.0. The Balaban J connectivity index is 2.18. The largest absolute Gasteiger partial charge is 0.481 e. The van der Waals surface area contributed by atoms with Gasteiger partial charge in [0, 0.05) is 4.88 Å². The second-order valence-corrected chi connectivity index (χ2v) is 5.53. The molecule has 0 saturated carbocycles. The topological polar surface area (TPSA) is 56.3 Å². The molecule has 5 nitrogen and oxygen atoms in total. The maximum Gasteiger partial charge on any atom is 0.229 e. The van der Waals surface area contributed by atoms with Crippen LogP contribution in [-0.4, -0.2) is 24.2 Å². The van der Waals surface area contributed by atoms with Gasteiger partial charge in [-0.15, -0.1) is 11.3 Å². The summed E-state index contributed by atoms with van der Waals surface area (Å²) in [6, 6.07) is 5.52. The van der Waals surface area contributed by atoms with E-state index in [0.29, 0.717) is 17.7 Å². The van der Waals surface area contributed by atoms with E-state index in [1.807, 2.05) is 19.1 Å². The Kier molecular flexibility index (Phi) is 4.44. The van der Waals surface area contributed by atoms with Crippen LogP contribution < -0.4 is 14.8 Å². The van der Waals surface area contributed by atoms with Gasteiger partial charge in [0.05, 0.1) is 30.7 Å². The van der Waals surface area contributed by atoms with Crippen molar-refractivity contribution in [3.63, 3.8) is 0 Å². The number of ether oxygens (including phenoxy) is 2. The fourth-order valence-electron chi connectivity index (χ4n) is 1.50. The number of aromatic nitrogens is 2. The molecule has 0 fully saturated rings. The number of halogens is 1. The molecule has 0 aliphatic carbocycles. The molecule has 0 radical (unpaired) electrons. The van der Waals surface area contributed by atoms with E-state index >= 15 is 0 Å². The van der Waals surface area contributed by atoms with Crippen LogP contribution in [0.4, 0.5) is 5.95 Å². The monoisotopic (exact) mass is 299 g/mol. The molecule has 2 aromatic rings. The number of anilines is 1. The lowest BCUT2D eigenvalue weighted by atomic mass is 10.3. The third-order valence-corrected chi connectivity index (χ3v) is 3.88. The zero-order valence-corrected chi connectivity index (χ0v) is 12.4. The van der Waals surface area contributed by atoms with Crippen LogP contribution in [0, 0.1) is 0 Å². The van der Waals surface area contributed by atoms with Crippen molar-refractivity contribution in [2.45, 2.75) is 13.0 Å². The highest BCUT2D eigenvalue weighted by atomic mass is 35.5. The molecule has 7 heteroatoms. The second-order valence-electron chi connectivity index (χ2n) is 3.78. The standard InChI is InChI=1S/C12H14ClN3O2S/c1-7(8-4-5-9(13)19-8)14-12-15-10(17-2)6-11(16-12)18-3/h4-7H,1-3H3,(H,14,15,16). The maximum atomic E-state index is 5.92. The molecule has 2 rings (SSSR count). The number of nitrogens with one attached hydrogen (secondary N) is 1. The predicted octanol–water partition coefficient (Wildman–Crippen LogP) is 3.38. The van der Waals surface area contributed by atoms with Crippen molar-refractivity contribution in [1.82, 2.24) is 9.97 Å². The van der Waals surface area contributed by atoms with E-state index in [2.05, 4.69) is 15.3 Å². The summed E-state index contributed by atoms with van der Waals surface area (Å²) >= 11 is 7.44. The molecule has 0 aliphatic rings. The number of rotatable bonds is 5. The van der Waals surface area contributed by atoms with Crippen molar-refractivity contribution in [3.05, 3.63) is 27.4 Å². The van der Waals surface area contributed by atoms with Crippen LogP contribution in [0.5, 0.6) is 11.8 Å². The van der Waals surface area contributed by atoms with Gasteiger partial charge in [-0.25, -0.2) is 0 Å². The Morgan fingerprint density at radius 3 is 2.32 bits per heavy atom. The molecular weight excluding hydrogens is 286 g/mol. The highest BCUT2D eigenvalue weighted by Crippen LogP contribution is 2.29. The number of hydrogen-bond acceptors (Lipinski definition) is 6. The molecule has 2 heterocycles. The molecule has 0 amide bonds. The maximum absolute atomic E-state index is 5.92. The minimum absolute atomic E-state index is 0.0503. The highest BCUT2D eigenvalue weighted by Gasteiger charge is 2.11. The van der Waals surface area contributed by atoms with Crippen LogP contribution in [0.25, 0.3) is 0 Å². The van der Waals surface area contributed by atoms with E-state index in [-0.39, 0.29) is 6.04 Å². The molecule has 1 N–H and O–H groups in total. The van der Waals surface area contributed by atoms with Crippen LogP contribution in [0.1, 0.15) is 17.8 Å². The third-order valence-electron chi connectivity index (χ3n) is 2.46. The van der Waals surface area contributed by atoms with E-state index < -0.39 is 0 Å². The Morgan fingerprint density at radius 1 is 1.21 bits per heavy atom. The van der Waals surface area contributed by atoms with Crippen molar-refractivity contribution < 1.29 is 9.47 Å². The summed E-state index contributed by atoms with van der Waals surface area (Å²) in [5.74, 6) is 1.35. The van der Waals surface area contributed by atoms with Gasteiger partial charge in [-0.3, -0.25) is 0 Å². The van der Waals surface area contributed by atoms with Crippen LogP contribution in [-0.2, 0) is 0 Å². The van der Waals surface area contributed by atoms with Crippen LogP contribution >= 0.6 is 22.9 Å². The van der Waals surface area contributed by atoms with Gasteiger partial charge in [-0.05, 0) is 19.1 Å². The average molecular weight is 300 g/mol. The molecule has 0 aliphatic heterocycles. The summed E-state index contributed by atoms with van der Waals surface area (Å²) in [6.07, 6.45) is 0. The summed E-state index contributed by atoms with van der Waals surface area (Å²) in [5.41, 5.74) is 0. The first-order valence-electron chi connectivity index (χ1n) is 5.61. The van der Waals surface area contributed by atoms with E-state index in [1.165, 1.54) is 11.3 Å². The lowest BCUT2D eigenvalue weighted by Gasteiger charge is -2.13. The van der Waals surface area contributed by atoms with E-state index in [1.54, 1.807) is 20.3 Å². The number of methoxy groups -OCH3 is 2. The fourth-order valence-corrected chi connectivity index (χ4v) is 2.57. The summed E-state index contributed by atoms with van der Waals surface area (Å²) in [6.45, 7) is 2.01.